The van der Waals surface area contributed by atoms with Crippen LogP contribution in [0.2, 0.25) is 0 Å². The number of nitrogens with one attached hydrogen (secondary N) is 2. The van der Waals surface area contributed by atoms with E-state index in [9.17, 15) is 4.79 Å². The van der Waals surface area contributed by atoms with Crippen LogP contribution in [0.3, 0.4) is 0 Å². The Balaban J connectivity index is 2.53. The summed E-state index contributed by atoms with van der Waals surface area (Å²) in [5.41, 5.74) is 2.37. The zero-order valence-electron chi connectivity index (χ0n) is 12.1. The first-order valence-electron chi connectivity index (χ1n) is 6.33. The largest absolute Gasteiger partial charge is 0.417 e. The third kappa shape index (κ3) is 2.57. The van der Waals surface area contributed by atoms with Crippen LogP contribution in [0.5, 0.6) is 0 Å². The summed E-state index contributed by atoms with van der Waals surface area (Å²) in [6.07, 6.45) is 0. The maximum absolute atomic E-state index is 11.2. The summed E-state index contributed by atoms with van der Waals surface area (Å²) in [6, 6.07) is 6.00. The Bertz CT molecular complexity index is 625. The molecular weight excluding hydrogens is 242 g/mol. The quantitative estimate of drug-likeness (QED) is 0.881. The number of likely N-dealkylation sites (N-methyl/N-ethyl adjacent to an activating group) is 2. The Kier molecular flexibility index (Phi) is 3.52. The molecule has 0 amide bonds. The minimum atomic E-state index is -0.415. The summed E-state index contributed by atoms with van der Waals surface area (Å²) >= 11 is 0. The lowest BCUT2D eigenvalue weighted by Gasteiger charge is -2.39. The summed E-state index contributed by atoms with van der Waals surface area (Å²) in [5, 5.41) is 3.34. The van der Waals surface area contributed by atoms with Crippen molar-refractivity contribution in [2.75, 3.05) is 21.1 Å². The molecule has 0 radical (unpaired) electrons. The monoisotopic (exact) mass is 263 g/mol. The van der Waals surface area contributed by atoms with Gasteiger partial charge in [0.05, 0.1) is 11.6 Å². The van der Waals surface area contributed by atoms with Crippen molar-refractivity contribution in [1.29, 1.82) is 0 Å². The SMILES string of the molecule is CNC(C)(C)C(c1ccc2oc(=O)[nH]c2c1)N(C)C. The van der Waals surface area contributed by atoms with E-state index >= 15 is 0 Å². The zero-order chi connectivity index (χ0) is 14.2. The predicted octanol–water partition coefficient (Wildman–Crippen LogP) is 1.72. The highest BCUT2D eigenvalue weighted by atomic mass is 16.4. The van der Waals surface area contributed by atoms with Crippen molar-refractivity contribution < 1.29 is 4.42 Å². The summed E-state index contributed by atoms with van der Waals surface area (Å²) < 4.78 is 5.03. The Morgan fingerprint density at radius 2 is 2.05 bits per heavy atom. The topological polar surface area (TPSA) is 61.3 Å². The van der Waals surface area contributed by atoms with Gasteiger partial charge in [-0.05, 0) is 52.7 Å². The van der Waals surface area contributed by atoms with Gasteiger partial charge in [0.25, 0.3) is 0 Å². The maximum Gasteiger partial charge on any atom is 0.417 e. The van der Waals surface area contributed by atoms with Crippen LogP contribution in [0.4, 0.5) is 0 Å². The van der Waals surface area contributed by atoms with Gasteiger partial charge in [0.2, 0.25) is 0 Å². The molecule has 0 aliphatic rings. The average molecular weight is 263 g/mol. The summed E-state index contributed by atoms with van der Waals surface area (Å²) in [6.45, 7) is 4.31. The summed E-state index contributed by atoms with van der Waals surface area (Å²) in [4.78, 5) is 16.1. The first-order chi connectivity index (χ1) is 8.85. The lowest BCUT2D eigenvalue weighted by atomic mass is 9.87. The number of benzene rings is 1. The molecule has 0 aliphatic heterocycles. The van der Waals surface area contributed by atoms with E-state index in [0.717, 1.165) is 11.1 Å². The third-order valence-corrected chi connectivity index (χ3v) is 3.60. The molecule has 0 aliphatic carbocycles. The van der Waals surface area contributed by atoms with E-state index in [2.05, 4.69) is 29.0 Å². The lowest BCUT2D eigenvalue weighted by Crippen LogP contribution is -2.48. The third-order valence-electron chi connectivity index (χ3n) is 3.60. The predicted molar refractivity (Wildman–Crippen MR) is 76.4 cm³/mol. The van der Waals surface area contributed by atoms with E-state index < -0.39 is 5.76 Å². The van der Waals surface area contributed by atoms with Gasteiger partial charge >= 0.3 is 5.76 Å². The molecule has 5 nitrogen and oxygen atoms in total. The van der Waals surface area contributed by atoms with Gasteiger partial charge in [-0.2, -0.15) is 0 Å². The van der Waals surface area contributed by atoms with E-state index in [1.165, 1.54) is 0 Å². The van der Waals surface area contributed by atoms with Crippen molar-refractivity contribution in [1.82, 2.24) is 15.2 Å². The first-order valence-corrected chi connectivity index (χ1v) is 6.33. The molecule has 104 valence electrons. The van der Waals surface area contributed by atoms with Crippen molar-refractivity contribution in [2.24, 2.45) is 0 Å². The van der Waals surface area contributed by atoms with E-state index in [1.807, 2.05) is 39.3 Å². The molecular formula is C14H21N3O2. The molecule has 0 fully saturated rings. The molecule has 2 N–H and O–H groups in total. The Morgan fingerprint density at radius 1 is 1.37 bits per heavy atom. The molecule has 0 spiro atoms. The first kappa shape index (κ1) is 13.8. The highest BCUT2D eigenvalue weighted by Crippen LogP contribution is 2.31. The molecule has 5 heteroatoms. The van der Waals surface area contributed by atoms with Crippen molar-refractivity contribution in [2.45, 2.75) is 25.4 Å². The second-order valence-electron chi connectivity index (χ2n) is 5.61. The highest BCUT2D eigenvalue weighted by molar-refractivity contribution is 5.73. The van der Waals surface area contributed by atoms with Crippen molar-refractivity contribution in [3.63, 3.8) is 0 Å². The molecule has 19 heavy (non-hydrogen) atoms. The molecule has 0 bridgehead atoms. The fourth-order valence-electron chi connectivity index (χ4n) is 2.64. The van der Waals surface area contributed by atoms with Gasteiger partial charge in [-0.3, -0.25) is 4.98 Å². The number of hydrogen-bond acceptors (Lipinski definition) is 4. The Morgan fingerprint density at radius 3 is 2.63 bits per heavy atom. The number of H-pyrrole nitrogens is 1. The van der Waals surface area contributed by atoms with Gasteiger partial charge < -0.3 is 14.6 Å². The van der Waals surface area contributed by atoms with Crippen LogP contribution in [0, 0.1) is 0 Å². The average Bonchev–Trinajstić information content (AvgIpc) is 2.67. The fourth-order valence-corrected chi connectivity index (χ4v) is 2.64. The van der Waals surface area contributed by atoms with Crippen LogP contribution in [0.1, 0.15) is 25.5 Å². The van der Waals surface area contributed by atoms with E-state index in [-0.39, 0.29) is 11.6 Å². The van der Waals surface area contributed by atoms with Crippen molar-refractivity contribution >= 4 is 11.1 Å². The molecule has 1 unspecified atom stereocenters. The number of nitrogens with zero attached hydrogens (tertiary/aromatic N) is 1. The van der Waals surface area contributed by atoms with Crippen LogP contribution in [-0.2, 0) is 0 Å². The lowest BCUT2D eigenvalue weighted by molar-refractivity contribution is 0.177. The second-order valence-corrected chi connectivity index (χ2v) is 5.61. The molecule has 0 saturated carbocycles. The standard InChI is InChI=1S/C14H21N3O2/c1-14(2,15-3)12(17(4)5)9-6-7-11-10(8-9)16-13(18)19-11/h6-8,12,15H,1-5H3,(H,16,18). The number of fused-ring (bicyclic) bond motifs is 1. The molecule has 1 atom stereocenters. The zero-order valence-corrected chi connectivity index (χ0v) is 12.1. The highest BCUT2D eigenvalue weighted by Gasteiger charge is 2.31. The summed E-state index contributed by atoms with van der Waals surface area (Å²) in [7, 11) is 6.05. The van der Waals surface area contributed by atoms with E-state index in [4.69, 9.17) is 4.42 Å². The number of rotatable bonds is 4. The molecule has 0 saturated heterocycles. The van der Waals surface area contributed by atoms with Crippen LogP contribution in [-0.4, -0.2) is 36.6 Å². The minimum Gasteiger partial charge on any atom is -0.408 e. The normalized spacial score (nSPS) is 14.2. The van der Waals surface area contributed by atoms with Crippen LogP contribution < -0.4 is 11.1 Å². The van der Waals surface area contributed by atoms with Crippen LogP contribution in [0.25, 0.3) is 11.1 Å². The molecule has 2 aromatic rings. The van der Waals surface area contributed by atoms with Crippen LogP contribution >= 0.6 is 0 Å². The van der Waals surface area contributed by atoms with Crippen molar-refractivity contribution in [3.8, 4) is 0 Å². The Labute approximate surface area is 112 Å². The number of aromatic amines is 1. The van der Waals surface area contributed by atoms with Gasteiger partial charge in [-0.25, -0.2) is 4.79 Å². The number of aromatic nitrogens is 1. The van der Waals surface area contributed by atoms with Gasteiger partial charge in [-0.1, -0.05) is 6.07 Å². The second kappa shape index (κ2) is 4.83. The molecule has 1 heterocycles. The fraction of sp³-hybridized carbons (Fsp3) is 0.500. The van der Waals surface area contributed by atoms with Crippen molar-refractivity contribution in [3.05, 3.63) is 34.3 Å². The molecule has 2 rings (SSSR count). The van der Waals surface area contributed by atoms with Gasteiger partial charge in [0.15, 0.2) is 5.58 Å². The minimum absolute atomic E-state index is 0.0960. The van der Waals surface area contributed by atoms with E-state index in [1.54, 1.807) is 0 Å². The smallest absolute Gasteiger partial charge is 0.408 e. The molecule has 1 aromatic carbocycles. The maximum atomic E-state index is 11.2. The van der Waals surface area contributed by atoms with Crippen LogP contribution in [0.15, 0.2) is 27.4 Å². The van der Waals surface area contributed by atoms with E-state index in [0.29, 0.717) is 5.58 Å². The summed E-state index contributed by atoms with van der Waals surface area (Å²) in [5.74, 6) is -0.415. The number of oxazole rings is 1. The molecule has 1 aromatic heterocycles. The Hall–Kier alpha value is -1.59. The van der Waals surface area contributed by atoms with Gasteiger partial charge in [-0.15, -0.1) is 0 Å². The number of hydrogen-bond donors (Lipinski definition) is 2. The van der Waals surface area contributed by atoms with Gasteiger partial charge in [0, 0.05) is 5.54 Å². The van der Waals surface area contributed by atoms with Gasteiger partial charge in [0.1, 0.15) is 0 Å².